The zero-order chi connectivity index (χ0) is 14.4. The Morgan fingerprint density at radius 2 is 1.90 bits per heavy atom. The SMILES string of the molecule is O=[N+]([O-])c1ccc(Cl)c(NCCCc2ccccc2)c1. The summed E-state index contributed by atoms with van der Waals surface area (Å²) in [5.74, 6) is 0. The maximum absolute atomic E-state index is 10.7. The molecule has 0 aliphatic rings. The summed E-state index contributed by atoms with van der Waals surface area (Å²) in [6, 6.07) is 14.6. The van der Waals surface area contributed by atoms with Crippen LogP contribution in [0.25, 0.3) is 0 Å². The number of nitrogens with one attached hydrogen (secondary N) is 1. The highest BCUT2D eigenvalue weighted by Crippen LogP contribution is 2.26. The molecule has 0 radical (unpaired) electrons. The molecule has 2 aromatic carbocycles. The van der Waals surface area contributed by atoms with Crippen LogP contribution in [-0.2, 0) is 6.42 Å². The van der Waals surface area contributed by atoms with E-state index in [1.807, 2.05) is 18.2 Å². The molecule has 0 aliphatic heterocycles. The Bertz CT molecular complexity index is 588. The first-order valence-electron chi connectivity index (χ1n) is 6.38. The Kier molecular flexibility index (Phi) is 4.96. The summed E-state index contributed by atoms with van der Waals surface area (Å²) in [6.07, 6.45) is 1.89. The van der Waals surface area contributed by atoms with Crippen LogP contribution in [0.1, 0.15) is 12.0 Å². The Morgan fingerprint density at radius 1 is 1.15 bits per heavy atom. The molecular formula is C15H15ClN2O2. The molecule has 2 rings (SSSR count). The standard InChI is InChI=1S/C15H15ClN2O2/c16-14-9-8-13(18(19)20)11-15(14)17-10-4-7-12-5-2-1-3-6-12/h1-3,5-6,8-9,11,17H,4,7,10H2. The van der Waals surface area contributed by atoms with E-state index in [0.29, 0.717) is 10.7 Å². The second-order valence-corrected chi connectivity index (χ2v) is 4.84. The number of nitro benzene ring substituents is 1. The summed E-state index contributed by atoms with van der Waals surface area (Å²) >= 11 is 6.01. The van der Waals surface area contributed by atoms with Gasteiger partial charge in [-0.1, -0.05) is 41.9 Å². The summed E-state index contributed by atoms with van der Waals surface area (Å²) in [6.45, 7) is 0.718. The first kappa shape index (κ1) is 14.3. The van der Waals surface area contributed by atoms with Crippen molar-refractivity contribution >= 4 is 23.0 Å². The van der Waals surface area contributed by atoms with E-state index in [4.69, 9.17) is 11.6 Å². The molecule has 0 atom stereocenters. The predicted molar refractivity (Wildman–Crippen MR) is 81.4 cm³/mol. The fraction of sp³-hybridized carbons (Fsp3) is 0.200. The van der Waals surface area contributed by atoms with Crippen LogP contribution in [0.4, 0.5) is 11.4 Å². The van der Waals surface area contributed by atoms with Crippen LogP contribution in [0.3, 0.4) is 0 Å². The van der Waals surface area contributed by atoms with Gasteiger partial charge in [-0.3, -0.25) is 10.1 Å². The predicted octanol–water partition coefficient (Wildman–Crippen LogP) is 4.29. The van der Waals surface area contributed by atoms with Crippen LogP contribution < -0.4 is 5.32 Å². The molecule has 0 saturated heterocycles. The van der Waals surface area contributed by atoms with Crippen LogP contribution in [0.5, 0.6) is 0 Å². The van der Waals surface area contributed by atoms with Gasteiger partial charge < -0.3 is 5.32 Å². The largest absolute Gasteiger partial charge is 0.384 e. The molecule has 0 aromatic heterocycles. The Balaban J connectivity index is 1.88. The van der Waals surface area contributed by atoms with Crippen molar-refractivity contribution in [1.29, 1.82) is 0 Å². The minimum Gasteiger partial charge on any atom is -0.384 e. The van der Waals surface area contributed by atoms with Gasteiger partial charge in [-0.05, 0) is 24.5 Å². The van der Waals surface area contributed by atoms with Gasteiger partial charge in [0, 0.05) is 18.7 Å². The fourth-order valence-corrected chi connectivity index (χ4v) is 2.11. The van der Waals surface area contributed by atoms with Crippen molar-refractivity contribution in [3.63, 3.8) is 0 Å². The summed E-state index contributed by atoms with van der Waals surface area (Å²) < 4.78 is 0. The number of benzene rings is 2. The molecule has 0 bridgehead atoms. The summed E-state index contributed by atoms with van der Waals surface area (Å²) in [5, 5.41) is 14.4. The highest BCUT2D eigenvalue weighted by atomic mass is 35.5. The van der Waals surface area contributed by atoms with E-state index >= 15 is 0 Å². The number of hydrogen-bond donors (Lipinski definition) is 1. The van der Waals surface area contributed by atoms with Crippen LogP contribution >= 0.6 is 11.6 Å². The van der Waals surface area contributed by atoms with Crippen molar-refractivity contribution in [3.8, 4) is 0 Å². The summed E-state index contributed by atoms with van der Waals surface area (Å²) in [5.41, 5.74) is 1.92. The molecule has 0 fully saturated rings. The smallest absolute Gasteiger partial charge is 0.271 e. The van der Waals surface area contributed by atoms with Crippen molar-refractivity contribution in [3.05, 3.63) is 69.2 Å². The molecule has 4 nitrogen and oxygen atoms in total. The molecular weight excluding hydrogens is 276 g/mol. The number of rotatable bonds is 6. The molecule has 0 spiro atoms. The third-order valence-corrected chi connectivity index (χ3v) is 3.29. The highest BCUT2D eigenvalue weighted by Gasteiger charge is 2.09. The lowest BCUT2D eigenvalue weighted by Crippen LogP contribution is -2.04. The molecule has 0 unspecified atom stereocenters. The van der Waals surface area contributed by atoms with E-state index < -0.39 is 4.92 Å². The number of nitro groups is 1. The number of nitrogens with zero attached hydrogens (tertiary/aromatic N) is 1. The molecule has 20 heavy (non-hydrogen) atoms. The molecule has 0 saturated carbocycles. The third kappa shape index (κ3) is 3.96. The first-order valence-corrected chi connectivity index (χ1v) is 6.76. The minimum absolute atomic E-state index is 0.0416. The lowest BCUT2D eigenvalue weighted by Gasteiger charge is -2.08. The minimum atomic E-state index is -0.425. The van der Waals surface area contributed by atoms with Gasteiger partial charge >= 0.3 is 0 Å². The number of hydrogen-bond acceptors (Lipinski definition) is 3. The lowest BCUT2D eigenvalue weighted by atomic mass is 10.1. The monoisotopic (exact) mass is 290 g/mol. The van der Waals surface area contributed by atoms with Crippen molar-refractivity contribution < 1.29 is 4.92 Å². The number of anilines is 1. The van der Waals surface area contributed by atoms with E-state index in [1.54, 1.807) is 6.07 Å². The maximum Gasteiger partial charge on any atom is 0.271 e. The average Bonchev–Trinajstić information content (AvgIpc) is 2.46. The van der Waals surface area contributed by atoms with Gasteiger partial charge in [0.2, 0.25) is 0 Å². The lowest BCUT2D eigenvalue weighted by molar-refractivity contribution is -0.384. The first-order chi connectivity index (χ1) is 9.66. The van der Waals surface area contributed by atoms with Gasteiger partial charge in [-0.15, -0.1) is 0 Å². The second kappa shape index (κ2) is 6.91. The van der Waals surface area contributed by atoms with Gasteiger partial charge in [0.1, 0.15) is 0 Å². The van der Waals surface area contributed by atoms with Crippen molar-refractivity contribution in [2.24, 2.45) is 0 Å². The van der Waals surface area contributed by atoms with Crippen molar-refractivity contribution in [1.82, 2.24) is 0 Å². The molecule has 2 aromatic rings. The Labute approximate surface area is 122 Å². The van der Waals surface area contributed by atoms with Crippen LogP contribution in [0, 0.1) is 10.1 Å². The van der Waals surface area contributed by atoms with Crippen LogP contribution in [0.2, 0.25) is 5.02 Å². The molecule has 0 heterocycles. The zero-order valence-electron chi connectivity index (χ0n) is 10.9. The molecule has 1 N–H and O–H groups in total. The van der Waals surface area contributed by atoms with E-state index in [-0.39, 0.29) is 5.69 Å². The van der Waals surface area contributed by atoms with Gasteiger partial charge in [-0.25, -0.2) is 0 Å². The van der Waals surface area contributed by atoms with E-state index in [2.05, 4.69) is 17.4 Å². The topological polar surface area (TPSA) is 55.2 Å². The Morgan fingerprint density at radius 3 is 2.60 bits per heavy atom. The van der Waals surface area contributed by atoms with Gasteiger partial charge in [0.05, 0.1) is 15.6 Å². The summed E-state index contributed by atoms with van der Waals surface area (Å²) in [7, 11) is 0. The maximum atomic E-state index is 10.7. The fourth-order valence-electron chi connectivity index (χ4n) is 1.92. The third-order valence-electron chi connectivity index (χ3n) is 2.96. The van der Waals surface area contributed by atoms with Gasteiger partial charge in [0.15, 0.2) is 0 Å². The second-order valence-electron chi connectivity index (χ2n) is 4.44. The van der Waals surface area contributed by atoms with E-state index in [0.717, 1.165) is 19.4 Å². The summed E-state index contributed by atoms with van der Waals surface area (Å²) in [4.78, 5) is 10.3. The molecule has 0 amide bonds. The van der Waals surface area contributed by atoms with E-state index in [1.165, 1.54) is 17.7 Å². The molecule has 104 valence electrons. The normalized spacial score (nSPS) is 10.2. The number of halogens is 1. The van der Waals surface area contributed by atoms with Gasteiger partial charge in [0.25, 0.3) is 5.69 Å². The average molecular weight is 291 g/mol. The van der Waals surface area contributed by atoms with Crippen molar-refractivity contribution in [2.75, 3.05) is 11.9 Å². The number of aryl methyl sites for hydroxylation is 1. The zero-order valence-corrected chi connectivity index (χ0v) is 11.6. The molecule has 0 aliphatic carbocycles. The highest BCUT2D eigenvalue weighted by molar-refractivity contribution is 6.33. The Hall–Kier alpha value is -2.07. The quantitative estimate of drug-likeness (QED) is 0.490. The molecule has 5 heteroatoms. The van der Waals surface area contributed by atoms with E-state index in [9.17, 15) is 10.1 Å². The number of non-ortho nitro benzene ring substituents is 1. The van der Waals surface area contributed by atoms with Crippen LogP contribution in [-0.4, -0.2) is 11.5 Å². The van der Waals surface area contributed by atoms with Crippen LogP contribution in [0.15, 0.2) is 48.5 Å². The van der Waals surface area contributed by atoms with Gasteiger partial charge in [-0.2, -0.15) is 0 Å². The van der Waals surface area contributed by atoms with Crippen molar-refractivity contribution in [2.45, 2.75) is 12.8 Å².